The molecule has 1 aromatic carbocycles. The predicted octanol–water partition coefficient (Wildman–Crippen LogP) is 4.70. The van der Waals surface area contributed by atoms with Gasteiger partial charge in [-0.15, -0.1) is 4.40 Å². The van der Waals surface area contributed by atoms with Crippen molar-refractivity contribution >= 4 is 44.8 Å². The van der Waals surface area contributed by atoms with E-state index in [1.54, 1.807) is 30.3 Å². The van der Waals surface area contributed by atoms with E-state index in [2.05, 4.69) is 14.7 Å². The molecule has 0 bridgehead atoms. The van der Waals surface area contributed by atoms with Crippen LogP contribution in [0.3, 0.4) is 0 Å². The summed E-state index contributed by atoms with van der Waals surface area (Å²) in [4.78, 5) is 17.4. The minimum absolute atomic E-state index is 0.0211. The van der Waals surface area contributed by atoms with Gasteiger partial charge in [0.15, 0.2) is 10.9 Å². The van der Waals surface area contributed by atoms with Crippen molar-refractivity contribution in [3.63, 3.8) is 0 Å². The van der Waals surface area contributed by atoms with E-state index in [9.17, 15) is 19.0 Å². The standard InChI is InChI=1S/C20H21ClN4O4S/c1-11(2)8-10-25-14-7-3-5-12(21)15(14)17(26)16(20(25)27)18-23-13-6-4-9-22-19(13)30(28,29)24-18/h3-7,9,11,26,28-29H,8,10H2,1-2H3,(H,23,24). The second-order valence-electron chi connectivity index (χ2n) is 7.44. The van der Waals surface area contributed by atoms with Crippen LogP contribution in [0.2, 0.25) is 5.02 Å². The Morgan fingerprint density at radius 2 is 2.00 bits per heavy atom. The highest BCUT2D eigenvalue weighted by atomic mass is 35.5. The lowest BCUT2D eigenvalue weighted by Gasteiger charge is -2.32. The first-order valence-corrected chi connectivity index (χ1v) is 11.2. The van der Waals surface area contributed by atoms with Gasteiger partial charge in [-0.1, -0.05) is 31.5 Å². The van der Waals surface area contributed by atoms with Gasteiger partial charge in [0.2, 0.25) is 0 Å². The van der Waals surface area contributed by atoms with Gasteiger partial charge in [0.05, 0.1) is 21.6 Å². The number of halogens is 1. The molecule has 4 rings (SSSR count). The van der Waals surface area contributed by atoms with Crippen molar-refractivity contribution < 1.29 is 14.2 Å². The fourth-order valence-corrected chi connectivity index (χ4v) is 4.75. The zero-order valence-corrected chi connectivity index (χ0v) is 17.9. The fraction of sp³-hybridized carbons (Fsp3) is 0.250. The average molecular weight is 449 g/mol. The van der Waals surface area contributed by atoms with Crippen LogP contribution in [0.15, 0.2) is 50.7 Å². The summed E-state index contributed by atoms with van der Waals surface area (Å²) in [5.74, 6) is -0.160. The lowest BCUT2D eigenvalue weighted by molar-refractivity contribution is 0.473. The Morgan fingerprint density at radius 3 is 2.73 bits per heavy atom. The summed E-state index contributed by atoms with van der Waals surface area (Å²) >= 11 is 6.36. The molecule has 0 spiro atoms. The summed E-state index contributed by atoms with van der Waals surface area (Å²) in [6, 6.07) is 8.25. The highest BCUT2D eigenvalue weighted by molar-refractivity contribution is 8.23. The first-order valence-electron chi connectivity index (χ1n) is 9.35. The lowest BCUT2D eigenvalue weighted by atomic mass is 10.1. The van der Waals surface area contributed by atoms with E-state index in [1.165, 1.54) is 10.8 Å². The quantitative estimate of drug-likeness (QED) is 0.459. The van der Waals surface area contributed by atoms with Crippen LogP contribution in [-0.4, -0.2) is 29.6 Å². The number of hydrogen-bond donors (Lipinski definition) is 4. The van der Waals surface area contributed by atoms with Crippen LogP contribution in [0.25, 0.3) is 10.9 Å². The summed E-state index contributed by atoms with van der Waals surface area (Å²) in [7, 11) is -3.65. The van der Waals surface area contributed by atoms with Gasteiger partial charge in [0, 0.05) is 12.7 Å². The Hall–Kier alpha value is -2.59. The van der Waals surface area contributed by atoms with Gasteiger partial charge >= 0.3 is 0 Å². The predicted molar refractivity (Wildman–Crippen MR) is 120 cm³/mol. The molecule has 0 saturated carbocycles. The first-order chi connectivity index (χ1) is 14.2. The van der Waals surface area contributed by atoms with Crippen LogP contribution in [0.1, 0.15) is 25.8 Å². The highest BCUT2D eigenvalue weighted by Crippen LogP contribution is 2.54. The molecule has 4 N–H and O–H groups in total. The summed E-state index contributed by atoms with van der Waals surface area (Å²) < 4.78 is 26.4. The smallest absolute Gasteiger partial charge is 0.265 e. The number of benzene rings is 1. The number of nitrogens with zero attached hydrogens (tertiary/aromatic N) is 3. The Labute approximate surface area is 179 Å². The van der Waals surface area contributed by atoms with Crippen molar-refractivity contribution in [2.45, 2.75) is 31.8 Å². The molecule has 8 nitrogen and oxygen atoms in total. The van der Waals surface area contributed by atoms with E-state index in [4.69, 9.17) is 11.6 Å². The van der Waals surface area contributed by atoms with Crippen LogP contribution < -0.4 is 10.9 Å². The molecule has 0 radical (unpaired) electrons. The molecule has 3 aromatic rings. The monoisotopic (exact) mass is 448 g/mol. The van der Waals surface area contributed by atoms with E-state index >= 15 is 0 Å². The number of aryl methyl sites for hydroxylation is 1. The maximum Gasteiger partial charge on any atom is 0.265 e. The maximum absolute atomic E-state index is 13.4. The van der Waals surface area contributed by atoms with Crippen LogP contribution in [-0.2, 0) is 6.54 Å². The number of pyridine rings is 2. The molecule has 10 heteroatoms. The number of aromatic nitrogens is 2. The zero-order chi connectivity index (χ0) is 21.6. The Morgan fingerprint density at radius 1 is 1.23 bits per heavy atom. The van der Waals surface area contributed by atoms with Crippen LogP contribution in [0.5, 0.6) is 5.75 Å². The summed E-state index contributed by atoms with van der Waals surface area (Å²) in [6.45, 7) is 4.50. The topological polar surface area (TPSA) is 120 Å². The van der Waals surface area contributed by atoms with Gasteiger partial charge in [-0.3, -0.25) is 13.9 Å². The molecule has 0 saturated heterocycles. The molecule has 1 aliphatic rings. The number of fused-ring (bicyclic) bond motifs is 2. The van der Waals surface area contributed by atoms with E-state index in [0.717, 1.165) is 6.42 Å². The van der Waals surface area contributed by atoms with Crippen molar-refractivity contribution in [2.75, 3.05) is 5.32 Å². The molecular weight excluding hydrogens is 428 g/mol. The Kier molecular flexibility index (Phi) is 5.23. The van der Waals surface area contributed by atoms with E-state index in [0.29, 0.717) is 29.1 Å². The van der Waals surface area contributed by atoms with E-state index in [-0.39, 0.29) is 27.2 Å². The second-order valence-corrected chi connectivity index (χ2v) is 9.45. The van der Waals surface area contributed by atoms with Gasteiger partial charge < -0.3 is 15.0 Å². The Bertz CT molecular complexity index is 1240. The molecule has 0 amide bonds. The number of anilines is 1. The normalized spacial score (nSPS) is 16.1. The van der Waals surface area contributed by atoms with Gasteiger partial charge in [0.1, 0.15) is 11.3 Å². The van der Waals surface area contributed by atoms with Crippen molar-refractivity contribution in [3.8, 4) is 5.75 Å². The summed E-state index contributed by atoms with van der Waals surface area (Å²) in [5.41, 5.74) is 0.124. The third kappa shape index (κ3) is 3.43. The maximum atomic E-state index is 13.4. The van der Waals surface area contributed by atoms with Crippen LogP contribution in [0.4, 0.5) is 5.69 Å². The number of amidine groups is 1. The SMILES string of the molecule is CC(C)CCn1c(=O)c(C2=NS(O)(O)c3ncccc3N2)c(O)c2c(Cl)cccc21. The number of hydrogen-bond acceptors (Lipinski definition) is 7. The van der Waals surface area contributed by atoms with Crippen molar-refractivity contribution in [2.24, 2.45) is 10.3 Å². The first kappa shape index (κ1) is 20.7. The lowest BCUT2D eigenvalue weighted by Crippen LogP contribution is -2.32. The molecule has 0 atom stereocenters. The molecule has 30 heavy (non-hydrogen) atoms. The molecule has 0 unspecified atom stereocenters. The largest absolute Gasteiger partial charge is 0.506 e. The molecule has 158 valence electrons. The molecule has 3 heterocycles. The number of aromatic hydroxyl groups is 1. The van der Waals surface area contributed by atoms with Gasteiger partial charge in [-0.05, 0) is 47.4 Å². The van der Waals surface area contributed by atoms with Gasteiger partial charge in [0.25, 0.3) is 5.56 Å². The molecular formula is C20H21ClN4O4S. The van der Waals surface area contributed by atoms with E-state index in [1.807, 2.05) is 13.8 Å². The van der Waals surface area contributed by atoms with E-state index < -0.39 is 16.3 Å². The minimum Gasteiger partial charge on any atom is -0.506 e. The molecule has 1 aliphatic heterocycles. The molecule has 0 aliphatic carbocycles. The number of rotatable bonds is 4. The van der Waals surface area contributed by atoms with Gasteiger partial charge in [-0.25, -0.2) is 4.98 Å². The van der Waals surface area contributed by atoms with Crippen molar-refractivity contribution in [1.29, 1.82) is 0 Å². The highest BCUT2D eigenvalue weighted by Gasteiger charge is 2.31. The van der Waals surface area contributed by atoms with Crippen molar-refractivity contribution in [1.82, 2.24) is 9.55 Å². The van der Waals surface area contributed by atoms with Gasteiger partial charge in [-0.2, -0.15) is 0 Å². The second kappa shape index (κ2) is 7.59. The summed E-state index contributed by atoms with van der Waals surface area (Å²) in [5, 5.41) is 14.4. The van der Waals surface area contributed by atoms with Crippen molar-refractivity contribution in [3.05, 3.63) is 57.5 Å². The minimum atomic E-state index is -3.65. The zero-order valence-electron chi connectivity index (χ0n) is 16.3. The summed E-state index contributed by atoms with van der Waals surface area (Å²) in [6.07, 6.45) is 2.15. The average Bonchev–Trinajstić information content (AvgIpc) is 2.67. The number of nitrogens with one attached hydrogen (secondary N) is 1. The fourth-order valence-electron chi connectivity index (χ4n) is 3.40. The molecule has 2 aromatic heterocycles. The van der Waals surface area contributed by atoms with Crippen LogP contribution >= 0.6 is 22.4 Å². The molecule has 0 fully saturated rings. The third-order valence-electron chi connectivity index (χ3n) is 4.88. The Balaban J connectivity index is 1.99. The third-order valence-corrected chi connectivity index (χ3v) is 6.48. The van der Waals surface area contributed by atoms with Crippen LogP contribution in [0, 0.1) is 5.92 Å².